The minimum absolute atomic E-state index is 0.0325. The summed E-state index contributed by atoms with van der Waals surface area (Å²) >= 11 is 0. The molecule has 6 nitrogen and oxygen atoms in total. The number of ether oxygens (including phenoxy) is 1. The second-order valence-electron chi connectivity index (χ2n) is 6.22. The Labute approximate surface area is 125 Å². The number of carbonyl (C=O) groups is 2. The van der Waals surface area contributed by atoms with E-state index in [2.05, 4.69) is 12.2 Å². The van der Waals surface area contributed by atoms with E-state index in [0.717, 1.165) is 25.8 Å². The summed E-state index contributed by atoms with van der Waals surface area (Å²) in [6.45, 7) is 6.12. The third-order valence-corrected chi connectivity index (χ3v) is 4.48. The first-order valence-corrected chi connectivity index (χ1v) is 7.89. The van der Waals surface area contributed by atoms with Crippen molar-refractivity contribution in [2.45, 2.75) is 45.2 Å². The minimum Gasteiger partial charge on any atom is -0.481 e. The fourth-order valence-electron chi connectivity index (χ4n) is 3.26. The molecule has 2 saturated heterocycles. The third kappa shape index (κ3) is 3.74. The summed E-state index contributed by atoms with van der Waals surface area (Å²) in [5.74, 6) is -0.929. The number of nitrogens with one attached hydrogen (secondary N) is 1. The van der Waals surface area contributed by atoms with E-state index in [-0.39, 0.29) is 24.6 Å². The first kappa shape index (κ1) is 16.2. The third-order valence-electron chi connectivity index (χ3n) is 4.48. The van der Waals surface area contributed by atoms with Crippen LogP contribution in [-0.4, -0.2) is 60.3 Å². The Hall–Kier alpha value is -1.14. The number of piperidine rings is 1. The molecule has 0 aromatic carbocycles. The predicted octanol–water partition coefficient (Wildman–Crippen LogP) is 0.713. The van der Waals surface area contributed by atoms with Gasteiger partial charge in [-0.25, -0.2) is 0 Å². The lowest BCUT2D eigenvalue weighted by atomic mass is 9.92. The van der Waals surface area contributed by atoms with Crippen LogP contribution in [0.25, 0.3) is 0 Å². The molecule has 0 saturated carbocycles. The van der Waals surface area contributed by atoms with E-state index in [1.54, 1.807) is 4.90 Å². The molecule has 0 spiro atoms. The van der Waals surface area contributed by atoms with E-state index in [1.165, 1.54) is 0 Å². The lowest BCUT2D eigenvalue weighted by Crippen LogP contribution is -2.55. The fourth-order valence-corrected chi connectivity index (χ4v) is 3.26. The zero-order valence-corrected chi connectivity index (χ0v) is 12.9. The molecule has 0 aromatic rings. The largest absolute Gasteiger partial charge is 0.481 e. The van der Waals surface area contributed by atoms with E-state index in [0.29, 0.717) is 19.1 Å². The van der Waals surface area contributed by atoms with E-state index in [4.69, 9.17) is 4.74 Å². The highest BCUT2D eigenvalue weighted by atomic mass is 16.5. The summed E-state index contributed by atoms with van der Waals surface area (Å²) in [4.78, 5) is 25.9. The molecule has 2 aliphatic heterocycles. The summed E-state index contributed by atoms with van der Waals surface area (Å²) in [6, 6.07) is -0.524. The van der Waals surface area contributed by atoms with Gasteiger partial charge in [0.2, 0.25) is 5.91 Å². The van der Waals surface area contributed by atoms with Crippen LogP contribution in [0.2, 0.25) is 0 Å². The fraction of sp³-hybridized carbons (Fsp3) is 0.867. The van der Waals surface area contributed by atoms with Crippen molar-refractivity contribution in [3.8, 4) is 0 Å². The van der Waals surface area contributed by atoms with Gasteiger partial charge in [0.25, 0.3) is 0 Å². The number of rotatable bonds is 5. The van der Waals surface area contributed by atoms with Crippen molar-refractivity contribution in [1.29, 1.82) is 0 Å². The Kier molecular flexibility index (Phi) is 5.58. The number of carboxylic acids is 1. The summed E-state index contributed by atoms with van der Waals surface area (Å²) in [5.41, 5.74) is 0. The first-order valence-electron chi connectivity index (χ1n) is 7.89. The Morgan fingerprint density at radius 2 is 2.14 bits per heavy atom. The number of hydrogen-bond acceptors (Lipinski definition) is 4. The van der Waals surface area contributed by atoms with Crippen LogP contribution in [0.5, 0.6) is 0 Å². The normalized spacial score (nSPS) is 32.9. The van der Waals surface area contributed by atoms with E-state index < -0.39 is 11.9 Å². The van der Waals surface area contributed by atoms with Gasteiger partial charge < -0.3 is 20.1 Å². The van der Waals surface area contributed by atoms with Crippen LogP contribution in [0.15, 0.2) is 0 Å². The summed E-state index contributed by atoms with van der Waals surface area (Å²) in [5, 5.41) is 12.6. The van der Waals surface area contributed by atoms with Crippen molar-refractivity contribution < 1.29 is 19.4 Å². The van der Waals surface area contributed by atoms with Gasteiger partial charge in [0, 0.05) is 6.54 Å². The van der Waals surface area contributed by atoms with Gasteiger partial charge in [0.15, 0.2) is 0 Å². The SMILES string of the molecule is CCCN(C(=O)C1CC(C)CCN1)C1COCC1C(=O)O. The van der Waals surface area contributed by atoms with Gasteiger partial charge in [0.1, 0.15) is 5.92 Å². The van der Waals surface area contributed by atoms with Crippen LogP contribution in [0.4, 0.5) is 0 Å². The number of aliphatic carboxylic acids is 1. The first-order chi connectivity index (χ1) is 10.0. The predicted molar refractivity (Wildman–Crippen MR) is 77.9 cm³/mol. The molecule has 0 radical (unpaired) electrons. The Bertz CT molecular complexity index is 388. The van der Waals surface area contributed by atoms with Gasteiger partial charge >= 0.3 is 5.97 Å². The van der Waals surface area contributed by atoms with Gasteiger partial charge in [-0.15, -0.1) is 0 Å². The molecule has 2 N–H and O–H groups in total. The molecule has 1 amide bonds. The molecule has 4 unspecified atom stereocenters. The highest BCUT2D eigenvalue weighted by Crippen LogP contribution is 2.24. The molecule has 2 aliphatic rings. The molecule has 2 fully saturated rings. The molecule has 0 bridgehead atoms. The highest BCUT2D eigenvalue weighted by molar-refractivity contribution is 5.83. The molecule has 4 atom stereocenters. The Balaban J connectivity index is 2.10. The van der Waals surface area contributed by atoms with E-state index in [9.17, 15) is 14.7 Å². The maximum Gasteiger partial charge on any atom is 0.311 e. The summed E-state index contributed by atoms with van der Waals surface area (Å²) < 4.78 is 5.32. The van der Waals surface area contributed by atoms with Crippen molar-refractivity contribution in [3.05, 3.63) is 0 Å². The molecule has 2 rings (SSSR count). The Morgan fingerprint density at radius 3 is 2.76 bits per heavy atom. The number of carboxylic acid groups (broad SMARTS) is 1. The van der Waals surface area contributed by atoms with Crippen LogP contribution >= 0.6 is 0 Å². The van der Waals surface area contributed by atoms with E-state index >= 15 is 0 Å². The number of carbonyl (C=O) groups excluding carboxylic acids is 1. The molecule has 6 heteroatoms. The second kappa shape index (κ2) is 7.22. The van der Waals surface area contributed by atoms with Crippen molar-refractivity contribution >= 4 is 11.9 Å². The topological polar surface area (TPSA) is 78.9 Å². The maximum atomic E-state index is 12.8. The molecule has 21 heavy (non-hydrogen) atoms. The lowest BCUT2D eigenvalue weighted by molar-refractivity contribution is -0.146. The van der Waals surface area contributed by atoms with Gasteiger partial charge in [-0.2, -0.15) is 0 Å². The number of nitrogens with zero attached hydrogens (tertiary/aromatic N) is 1. The number of hydrogen-bond donors (Lipinski definition) is 2. The lowest BCUT2D eigenvalue weighted by Gasteiger charge is -2.36. The number of amides is 1. The van der Waals surface area contributed by atoms with Crippen LogP contribution in [-0.2, 0) is 14.3 Å². The van der Waals surface area contributed by atoms with Crippen molar-refractivity contribution in [3.63, 3.8) is 0 Å². The zero-order chi connectivity index (χ0) is 15.4. The molecule has 2 heterocycles. The Morgan fingerprint density at radius 1 is 1.38 bits per heavy atom. The van der Waals surface area contributed by atoms with Crippen molar-refractivity contribution in [2.24, 2.45) is 11.8 Å². The molecule has 120 valence electrons. The quantitative estimate of drug-likeness (QED) is 0.781. The smallest absolute Gasteiger partial charge is 0.311 e. The molecule has 0 aliphatic carbocycles. The van der Waals surface area contributed by atoms with Gasteiger partial charge in [0.05, 0.1) is 25.3 Å². The zero-order valence-electron chi connectivity index (χ0n) is 12.9. The standard InChI is InChI=1S/C15H26N2O4/c1-3-6-17(13-9-21-8-11(13)15(19)20)14(18)12-7-10(2)4-5-16-12/h10-13,16H,3-9H2,1-2H3,(H,19,20). The average molecular weight is 298 g/mol. The van der Waals surface area contributed by atoms with Crippen LogP contribution < -0.4 is 5.32 Å². The summed E-state index contributed by atoms with van der Waals surface area (Å²) in [7, 11) is 0. The van der Waals surface area contributed by atoms with Crippen molar-refractivity contribution in [1.82, 2.24) is 10.2 Å². The van der Waals surface area contributed by atoms with Crippen LogP contribution in [0.3, 0.4) is 0 Å². The maximum absolute atomic E-state index is 12.8. The molecular formula is C15H26N2O4. The van der Waals surface area contributed by atoms with E-state index in [1.807, 2.05) is 6.92 Å². The molecule has 0 aromatic heterocycles. The monoisotopic (exact) mass is 298 g/mol. The van der Waals surface area contributed by atoms with Crippen LogP contribution in [0.1, 0.15) is 33.1 Å². The van der Waals surface area contributed by atoms with Gasteiger partial charge in [-0.05, 0) is 31.7 Å². The highest BCUT2D eigenvalue weighted by Gasteiger charge is 2.41. The van der Waals surface area contributed by atoms with Crippen molar-refractivity contribution in [2.75, 3.05) is 26.3 Å². The van der Waals surface area contributed by atoms with Crippen LogP contribution in [0, 0.1) is 11.8 Å². The minimum atomic E-state index is -0.878. The van der Waals surface area contributed by atoms with Gasteiger partial charge in [-0.3, -0.25) is 9.59 Å². The van der Waals surface area contributed by atoms with Gasteiger partial charge in [-0.1, -0.05) is 13.8 Å². The average Bonchev–Trinajstić information content (AvgIpc) is 2.93. The summed E-state index contributed by atoms with van der Waals surface area (Å²) in [6.07, 6.45) is 2.73. The second-order valence-corrected chi connectivity index (χ2v) is 6.22. The molecular weight excluding hydrogens is 272 g/mol.